The van der Waals surface area contributed by atoms with Crippen molar-refractivity contribution in [1.29, 1.82) is 0 Å². The topological polar surface area (TPSA) is 49.4 Å². The van der Waals surface area contributed by atoms with Gasteiger partial charge in [-0.25, -0.2) is 5.01 Å². The minimum Gasteiger partial charge on any atom is -0.273 e. The lowest BCUT2D eigenvalue weighted by Crippen LogP contribution is -2.46. The Balaban J connectivity index is 1.91. The van der Waals surface area contributed by atoms with Crippen LogP contribution >= 0.6 is 0 Å². The summed E-state index contributed by atoms with van der Waals surface area (Å²) in [6, 6.07) is 9.81. The minimum absolute atomic E-state index is 0.0600. The molecule has 0 unspecified atom stereocenters. The molecule has 1 aromatic carbocycles. The fourth-order valence-electron chi connectivity index (χ4n) is 2.53. The van der Waals surface area contributed by atoms with Crippen LogP contribution in [0.1, 0.15) is 17.9 Å². The first kappa shape index (κ1) is 11.7. The van der Waals surface area contributed by atoms with Gasteiger partial charge < -0.3 is 0 Å². The molecule has 1 fully saturated rings. The molecule has 4 heteroatoms. The molecule has 2 aliphatic rings. The zero-order valence-electron chi connectivity index (χ0n) is 10.3. The van der Waals surface area contributed by atoms with Crippen LogP contribution in [0.4, 0.5) is 0 Å². The van der Waals surface area contributed by atoms with Gasteiger partial charge in [-0.2, -0.15) is 0 Å². The van der Waals surface area contributed by atoms with Crippen LogP contribution in [0.3, 0.4) is 0 Å². The molecule has 0 spiro atoms. The average Bonchev–Trinajstić information content (AvgIpc) is 2.79. The molecule has 1 saturated heterocycles. The van der Waals surface area contributed by atoms with Crippen LogP contribution in [0.2, 0.25) is 0 Å². The van der Waals surface area contributed by atoms with Crippen LogP contribution in [0.15, 0.2) is 54.6 Å². The maximum Gasteiger partial charge on any atom is 0.251 e. The summed E-state index contributed by atoms with van der Waals surface area (Å²) in [5.74, 6) is -0.343. The maximum absolute atomic E-state index is 11.8. The van der Waals surface area contributed by atoms with Gasteiger partial charge in [0.25, 0.3) is 5.91 Å². The summed E-state index contributed by atoms with van der Waals surface area (Å²) < 4.78 is 0. The van der Waals surface area contributed by atoms with Gasteiger partial charge in [0.1, 0.15) is 6.42 Å². The van der Waals surface area contributed by atoms with Crippen LogP contribution < -0.4 is 5.43 Å². The van der Waals surface area contributed by atoms with E-state index in [9.17, 15) is 9.59 Å². The third-order valence-electron chi connectivity index (χ3n) is 3.41. The van der Waals surface area contributed by atoms with Crippen molar-refractivity contribution in [2.45, 2.75) is 18.4 Å². The molecule has 3 rings (SSSR count). The monoisotopic (exact) mass is 254 g/mol. The molecule has 2 amide bonds. The Morgan fingerprint density at radius 3 is 2.47 bits per heavy atom. The van der Waals surface area contributed by atoms with E-state index in [1.54, 1.807) is 0 Å². The summed E-state index contributed by atoms with van der Waals surface area (Å²) in [6.45, 7) is 0. The van der Waals surface area contributed by atoms with Gasteiger partial charge in [-0.15, -0.1) is 0 Å². The standard InChI is InChI=1S/C15H14N2O2/c18-14-10-15(19)17(16-14)13-9-5-4-8-12(13)11-6-2-1-3-7-11/h1-9,12-13H,10H2,(H,16,18)/t12-,13+/m1/s1. The molecule has 0 bridgehead atoms. The van der Waals surface area contributed by atoms with Gasteiger partial charge in [-0.1, -0.05) is 54.6 Å². The first-order chi connectivity index (χ1) is 9.25. The lowest BCUT2D eigenvalue weighted by molar-refractivity contribution is -0.131. The number of hydrogen-bond donors (Lipinski definition) is 1. The van der Waals surface area contributed by atoms with Gasteiger partial charge in [0.15, 0.2) is 0 Å². The van der Waals surface area contributed by atoms with E-state index in [1.807, 2.05) is 48.6 Å². The van der Waals surface area contributed by atoms with E-state index in [4.69, 9.17) is 0 Å². The van der Waals surface area contributed by atoms with E-state index in [1.165, 1.54) is 5.01 Å². The fraction of sp³-hybridized carbons (Fsp3) is 0.200. The molecule has 0 saturated carbocycles. The van der Waals surface area contributed by atoms with Crippen LogP contribution in [-0.2, 0) is 9.59 Å². The first-order valence-corrected chi connectivity index (χ1v) is 6.27. The van der Waals surface area contributed by atoms with E-state index in [2.05, 4.69) is 11.5 Å². The normalized spacial score (nSPS) is 25.8. The van der Waals surface area contributed by atoms with Gasteiger partial charge in [0, 0.05) is 5.92 Å². The van der Waals surface area contributed by atoms with Crippen molar-refractivity contribution in [1.82, 2.24) is 10.4 Å². The Bertz CT molecular complexity index is 563. The highest BCUT2D eigenvalue weighted by molar-refractivity contribution is 6.02. The van der Waals surface area contributed by atoms with E-state index >= 15 is 0 Å². The Morgan fingerprint density at radius 2 is 1.79 bits per heavy atom. The average molecular weight is 254 g/mol. The van der Waals surface area contributed by atoms with Crippen LogP contribution in [0.5, 0.6) is 0 Å². The number of rotatable bonds is 2. The summed E-state index contributed by atoms with van der Waals surface area (Å²) >= 11 is 0. The Labute approximate surface area is 111 Å². The van der Waals surface area contributed by atoms with E-state index in [-0.39, 0.29) is 30.2 Å². The smallest absolute Gasteiger partial charge is 0.251 e. The largest absolute Gasteiger partial charge is 0.273 e. The SMILES string of the molecule is O=C1CC(=O)N([C@H]2C=CC=C[C@@H]2c2ccccc2)N1. The highest BCUT2D eigenvalue weighted by Crippen LogP contribution is 2.29. The first-order valence-electron chi connectivity index (χ1n) is 6.27. The number of carbonyl (C=O) groups excluding carboxylic acids is 2. The summed E-state index contributed by atoms with van der Waals surface area (Å²) in [7, 11) is 0. The number of hydrogen-bond acceptors (Lipinski definition) is 2. The number of hydrazine groups is 1. The lowest BCUT2D eigenvalue weighted by Gasteiger charge is -2.31. The van der Waals surface area contributed by atoms with E-state index < -0.39 is 0 Å². The van der Waals surface area contributed by atoms with Crippen molar-refractivity contribution >= 4 is 11.8 Å². The molecule has 96 valence electrons. The van der Waals surface area contributed by atoms with Gasteiger partial charge in [-0.05, 0) is 5.56 Å². The van der Waals surface area contributed by atoms with Gasteiger partial charge in [-0.3, -0.25) is 15.0 Å². The van der Waals surface area contributed by atoms with Crippen molar-refractivity contribution < 1.29 is 9.59 Å². The van der Waals surface area contributed by atoms with Crippen molar-refractivity contribution in [3.63, 3.8) is 0 Å². The van der Waals surface area contributed by atoms with Crippen molar-refractivity contribution in [3.05, 3.63) is 60.2 Å². The number of allylic oxidation sites excluding steroid dienone is 2. The molecule has 4 nitrogen and oxygen atoms in total. The second kappa shape index (κ2) is 4.72. The van der Waals surface area contributed by atoms with Crippen LogP contribution in [0.25, 0.3) is 0 Å². The number of carbonyl (C=O) groups is 2. The molecule has 1 aromatic rings. The number of benzene rings is 1. The maximum atomic E-state index is 11.8. The second-order valence-electron chi connectivity index (χ2n) is 4.67. The highest BCUT2D eigenvalue weighted by Gasteiger charge is 2.36. The Morgan fingerprint density at radius 1 is 1.05 bits per heavy atom. The molecule has 2 atom stereocenters. The van der Waals surface area contributed by atoms with Crippen LogP contribution in [-0.4, -0.2) is 22.9 Å². The molecule has 0 aromatic heterocycles. The molecule has 1 aliphatic heterocycles. The molecule has 1 aliphatic carbocycles. The van der Waals surface area contributed by atoms with Crippen molar-refractivity contribution in [2.75, 3.05) is 0 Å². The van der Waals surface area contributed by atoms with Gasteiger partial charge in [0.2, 0.25) is 5.91 Å². The molecule has 1 N–H and O–H groups in total. The van der Waals surface area contributed by atoms with Crippen LogP contribution in [0, 0.1) is 0 Å². The zero-order valence-corrected chi connectivity index (χ0v) is 10.3. The van der Waals surface area contributed by atoms with E-state index in [0.717, 1.165) is 5.56 Å². The second-order valence-corrected chi connectivity index (χ2v) is 4.67. The zero-order chi connectivity index (χ0) is 13.2. The third-order valence-corrected chi connectivity index (χ3v) is 3.41. The number of nitrogens with zero attached hydrogens (tertiary/aromatic N) is 1. The molecular formula is C15H14N2O2. The summed E-state index contributed by atoms with van der Waals surface area (Å²) in [5.41, 5.74) is 3.76. The summed E-state index contributed by atoms with van der Waals surface area (Å²) in [6.07, 6.45) is 7.81. The number of nitrogens with one attached hydrogen (secondary N) is 1. The van der Waals surface area contributed by atoms with E-state index in [0.29, 0.717) is 0 Å². The molecule has 1 heterocycles. The Kier molecular flexibility index (Phi) is 2.91. The van der Waals surface area contributed by atoms with Gasteiger partial charge >= 0.3 is 0 Å². The third kappa shape index (κ3) is 2.17. The number of amides is 2. The quantitative estimate of drug-likeness (QED) is 0.814. The minimum atomic E-state index is -0.236. The lowest BCUT2D eigenvalue weighted by atomic mass is 9.88. The molecule has 19 heavy (non-hydrogen) atoms. The van der Waals surface area contributed by atoms with Crippen molar-refractivity contribution in [2.24, 2.45) is 0 Å². The predicted molar refractivity (Wildman–Crippen MR) is 70.9 cm³/mol. The highest BCUT2D eigenvalue weighted by atomic mass is 16.2. The predicted octanol–water partition coefficient (Wildman–Crippen LogP) is 1.53. The molecular weight excluding hydrogens is 240 g/mol. The summed E-state index contributed by atoms with van der Waals surface area (Å²) in [4.78, 5) is 23.2. The summed E-state index contributed by atoms with van der Waals surface area (Å²) in [5, 5.41) is 1.44. The Hall–Kier alpha value is -2.36. The van der Waals surface area contributed by atoms with Gasteiger partial charge in [0.05, 0.1) is 6.04 Å². The molecule has 0 radical (unpaired) electrons. The van der Waals surface area contributed by atoms with Crippen molar-refractivity contribution in [3.8, 4) is 0 Å². The fourth-order valence-corrected chi connectivity index (χ4v) is 2.53.